The van der Waals surface area contributed by atoms with E-state index in [1.54, 1.807) is 6.33 Å². The van der Waals surface area contributed by atoms with Crippen LogP contribution in [-0.4, -0.2) is 24.5 Å². The van der Waals surface area contributed by atoms with Gasteiger partial charge in [0.25, 0.3) is 5.56 Å². The number of fused-ring (bicyclic) bond motifs is 2. The summed E-state index contributed by atoms with van der Waals surface area (Å²) in [5.41, 5.74) is 3.21. The number of benzene rings is 1. The summed E-state index contributed by atoms with van der Waals surface area (Å²) in [5, 5.41) is 5.27. The minimum atomic E-state index is -0.157. The number of hydrogen-bond acceptors (Lipinski definition) is 5. The summed E-state index contributed by atoms with van der Waals surface area (Å²) in [6, 6.07) is 8.17. The Morgan fingerprint density at radius 1 is 1.32 bits per heavy atom. The zero-order chi connectivity index (χ0) is 19.4. The molecule has 0 bridgehead atoms. The van der Waals surface area contributed by atoms with Gasteiger partial charge in [0.2, 0.25) is 5.28 Å². The Hall–Kier alpha value is -2.93. The van der Waals surface area contributed by atoms with Crippen LogP contribution in [0.5, 0.6) is 0 Å². The largest absolute Gasteiger partial charge is 0.360 e. The molecule has 0 aliphatic heterocycles. The van der Waals surface area contributed by atoms with Gasteiger partial charge in [-0.2, -0.15) is 9.97 Å². The van der Waals surface area contributed by atoms with E-state index in [4.69, 9.17) is 11.6 Å². The monoisotopic (exact) mass is 394 g/mol. The van der Waals surface area contributed by atoms with Gasteiger partial charge in [-0.1, -0.05) is 18.2 Å². The van der Waals surface area contributed by atoms with E-state index in [0.717, 1.165) is 34.9 Å². The average Bonchev–Trinajstić information content (AvgIpc) is 3.38. The van der Waals surface area contributed by atoms with E-state index in [-0.39, 0.29) is 22.9 Å². The standard InChI is InChI=1S/C20H19ClN6O/c1-10-4-3-5-12-8-14(27(13-6-7-13)19(28)15(10)12)11(2)24-18-16-17(23-9-22-16)25-20(21)26-18/h3-5,8-9,11,13H,6-7H2,1-2H3,(H2,22,23,24,25,26). The summed E-state index contributed by atoms with van der Waals surface area (Å²) in [4.78, 5) is 28.9. The predicted octanol–water partition coefficient (Wildman–Crippen LogP) is 4.14. The Morgan fingerprint density at radius 3 is 2.93 bits per heavy atom. The van der Waals surface area contributed by atoms with Crippen LogP contribution in [0.1, 0.15) is 43.1 Å². The minimum Gasteiger partial charge on any atom is -0.360 e. The Labute approximate surface area is 165 Å². The number of aromatic amines is 1. The van der Waals surface area contributed by atoms with Crippen molar-refractivity contribution in [3.05, 3.63) is 57.5 Å². The average molecular weight is 395 g/mol. The third-order valence-corrected chi connectivity index (χ3v) is 5.46. The van der Waals surface area contributed by atoms with E-state index in [2.05, 4.69) is 31.3 Å². The van der Waals surface area contributed by atoms with Gasteiger partial charge in [0.15, 0.2) is 11.5 Å². The second-order valence-corrected chi connectivity index (χ2v) is 7.66. The fourth-order valence-corrected chi connectivity index (χ4v) is 3.97. The molecule has 28 heavy (non-hydrogen) atoms. The number of H-pyrrole nitrogens is 1. The number of nitrogens with one attached hydrogen (secondary N) is 2. The van der Waals surface area contributed by atoms with E-state index in [1.807, 2.05) is 36.6 Å². The molecular weight excluding hydrogens is 376 g/mol. The fraction of sp³-hybridized carbons (Fsp3) is 0.300. The van der Waals surface area contributed by atoms with Gasteiger partial charge in [-0.3, -0.25) is 4.79 Å². The highest BCUT2D eigenvalue weighted by molar-refractivity contribution is 6.28. The molecule has 0 amide bonds. The normalized spacial score (nSPS) is 15.2. The first-order valence-corrected chi connectivity index (χ1v) is 9.68. The molecule has 1 unspecified atom stereocenters. The van der Waals surface area contributed by atoms with Crippen molar-refractivity contribution >= 4 is 39.4 Å². The topological polar surface area (TPSA) is 88.5 Å². The number of aryl methyl sites for hydroxylation is 1. The van der Waals surface area contributed by atoms with Gasteiger partial charge in [-0.25, -0.2) is 4.98 Å². The Morgan fingerprint density at radius 2 is 2.14 bits per heavy atom. The van der Waals surface area contributed by atoms with Crippen LogP contribution in [0, 0.1) is 6.92 Å². The highest BCUT2D eigenvalue weighted by atomic mass is 35.5. The van der Waals surface area contributed by atoms with Gasteiger partial charge in [0, 0.05) is 11.7 Å². The van der Waals surface area contributed by atoms with Crippen LogP contribution in [-0.2, 0) is 0 Å². The number of nitrogens with zero attached hydrogens (tertiary/aromatic N) is 4. The highest BCUT2D eigenvalue weighted by Gasteiger charge is 2.29. The molecule has 7 nitrogen and oxygen atoms in total. The van der Waals surface area contributed by atoms with E-state index < -0.39 is 0 Å². The molecule has 1 aliphatic rings. The smallest absolute Gasteiger partial charge is 0.259 e. The molecule has 0 saturated heterocycles. The predicted molar refractivity (Wildman–Crippen MR) is 110 cm³/mol. The van der Waals surface area contributed by atoms with Crippen molar-refractivity contribution in [3.63, 3.8) is 0 Å². The van der Waals surface area contributed by atoms with E-state index in [0.29, 0.717) is 17.0 Å². The first-order chi connectivity index (χ1) is 13.5. The second kappa shape index (κ2) is 6.31. The number of hydrogen-bond donors (Lipinski definition) is 2. The zero-order valence-electron chi connectivity index (χ0n) is 15.5. The second-order valence-electron chi connectivity index (χ2n) is 7.32. The molecule has 1 fully saturated rings. The molecular formula is C20H19ClN6O. The van der Waals surface area contributed by atoms with Crippen molar-refractivity contribution in [3.8, 4) is 0 Å². The molecule has 142 valence electrons. The lowest BCUT2D eigenvalue weighted by molar-refractivity contribution is 0.636. The maximum atomic E-state index is 13.3. The van der Waals surface area contributed by atoms with E-state index >= 15 is 0 Å². The van der Waals surface area contributed by atoms with Crippen molar-refractivity contribution in [1.29, 1.82) is 0 Å². The first-order valence-electron chi connectivity index (χ1n) is 9.31. The van der Waals surface area contributed by atoms with Gasteiger partial charge in [-0.05, 0) is 55.3 Å². The molecule has 1 atom stereocenters. The van der Waals surface area contributed by atoms with Crippen molar-refractivity contribution < 1.29 is 0 Å². The number of halogens is 1. The maximum absolute atomic E-state index is 13.3. The summed E-state index contributed by atoms with van der Waals surface area (Å²) >= 11 is 6.05. The number of aromatic nitrogens is 5. The zero-order valence-corrected chi connectivity index (χ0v) is 16.3. The van der Waals surface area contributed by atoms with E-state index in [9.17, 15) is 4.79 Å². The lowest BCUT2D eigenvalue weighted by atomic mass is 10.0. The molecule has 2 N–H and O–H groups in total. The number of rotatable bonds is 4. The van der Waals surface area contributed by atoms with Gasteiger partial charge in [0.1, 0.15) is 5.52 Å². The highest BCUT2D eigenvalue weighted by Crippen LogP contribution is 2.37. The Balaban J connectivity index is 1.65. The molecule has 0 spiro atoms. The lowest BCUT2D eigenvalue weighted by Crippen LogP contribution is -2.26. The summed E-state index contributed by atoms with van der Waals surface area (Å²) in [6.45, 7) is 4.01. The van der Waals surface area contributed by atoms with Crippen LogP contribution >= 0.6 is 11.6 Å². The van der Waals surface area contributed by atoms with Crippen molar-refractivity contribution in [2.45, 2.75) is 38.8 Å². The molecule has 4 aromatic rings. The molecule has 8 heteroatoms. The minimum absolute atomic E-state index is 0.0779. The van der Waals surface area contributed by atoms with Crippen molar-refractivity contribution in [2.75, 3.05) is 5.32 Å². The fourth-order valence-electron chi connectivity index (χ4n) is 3.80. The maximum Gasteiger partial charge on any atom is 0.259 e. The van der Waals surface area contributed by atoms with Crippen LogP contribution in [0.4, 0.5) is 5.82 Å². The molecule has 1 aromatic carbocycles. The third-order valence-electron chi connectivity index (χ3n) is 5.29. The van der Waals surface area contributed by atoms with Gasteiger partial charge in [0.05, 0.1) is 17.8 Å². The van der Waals surface area contributed by atoms with Crippen LogP contribution in [0.3, 0.4) is 0 Å². The molecule has 3 aromatic heterocycles. The summed E-state index contributed by atoms with van der Waals surface area (Å²) in [7, 11) is 0. The summed E-state index contributed by atoms with van der Waals surface area (Å²) in [6.07, 6.45) is 3.62. The molecule has 3 heterocycles. The SMILES string of the molecule is Cc1cccc2cc(C(C)Nc3nc(Cl)nc4nc[nH]c34)n(C3CC3)c(=O)c12. The molecule has 0 radical (unpaired) electrons. The Bertz CT molecular complexity index is 1270. The first kappa shape index (κ1) is 17.2. The number of pyridine rings is 1. The van der Waals surface area contributed by atoms with Crippen LogP contribution in [0.2, 0.25) is 5.28 Å². The van der Waals surface area contributed by atoms with Crippen LogP contribution in [0.15, 0.2) is 35.4 Å². The quantitative estimate of drug-likeness (QED) is 0.508. The van der Waals surface area contributed by atoms with Gasteiger partial charge in [-0.15, -0.1) is 0 Å². The molecule has 1 saturated carbocycles. The van der Waals surface area contributed by atoms with Gasteiger partial charge < -0.3 is 14.9 Å². The number of imidazole rings is 1. The van der Waals surface area contributed by atoms with Gasteiger partial charge >= 0.3 is 0 Å². The third kappa shape index (κ3) is 2.74. The van der Waals surface area contributed by atoms with Crippen molar-refractivity contribution in [1.82, 2.24) is 24.5 Å². The number of anilines is 1. The van der Waals surface area contributed by atoms with E-state index in [1.165, 1.54) is 0 Å². The summed E-state index contributed by atoms with van der Waals surface area (Å²) < 4.78 is 1.94. The molecule has 1 aliphatic carbocycles. The lowest BCUT2D eigenvalue weighted by Gasteiger charge is -2.21. The molecule has 5 rings (SSSR count). The summed E-state index contributed by atoms with van der Waals surface area (Å²) in [5.74, 6) is 0.569. The van der Waals surface area contributed by atoms with Crippen molar-refractivity contribution in [2.24, 2.45) is 0 Å². The van der Waals surface area contributed by atoms with Crippen LogP contribution < -0.4 is 10.9 Å². The van der Waals surface area contributed by atoms with Crippen LogP contribution in [0.25, 0.3) is 21.9 Å². The Kier molecular flexibility index (Phi) is 3.87.